The summed E-state index contributed by atoms with van der Waals surface area (Å²) in [4.78, 5) is 27.0. The second-order valence-corrected chi connectivity index (χ2v) is 6.88. The maximum absolute atomic E-state index is 12.7. The maximum atomic E-state index is 12.7. The maximum Gasteiger partial charge on any atom is 0.272 e. The molecule has 1 amide bonds. The van der Waals surface area contributed by atoms with Crippen molar-refractivity contribution in [3.8, 4) is 0 Å². The van der Waals surface area contributed by atoms with Gasteiger partial charge in [0.15, 0.2) is 5.69 Å². The van der Waals surface area contributed by atoms with Crippen LogP contribution in [0.15, 0.2) is 53.3 Å². The van der Waals surface area contributed by atoms with Crippen LogP contribution in [-0.2, 0) is 13.1 Å². The largest absolute Gasteiger partial charge is 0.347 e. The molecule has 3 aromatic rings. The van der Waals surface area contributed by atoms with Gasteiger partial charge in [-0.15, -0.1) is 0 Å². The van der Waals surface area contributed by atoms with Gasteiger partial charge in [0.25, 0.3) is 11.5 Å². The number of aromatic amines is 1. The molecule has 1 aliphatic rings. The van der Waals surface area contributed by atoms with E-state index in [1.54, 1.807) is 24.3 Å². The third-order valence-electron chi connectivity index (χ3n) is 5.06. The first-order chi connectivity index (χ1) is 13.2. The third-order valence-corrected chi connectivity index (χ3v) is 5.06. The van der Waals surface area contributed by atoms with Gasteiger partial charge in [-0.05, 0) is 43.1 Å². The van der Waals surface area contributed by atoms with E-state index in [1.807, 2.05) is 18.2 Å². The molecule has 1 aromatic heterocycles. The summed E-state index contributed by atoms with van der Waals surface area (Å²) in [5.41, 5.74) is 2.28. The molecular weight excluding hydrogens is 340 g/mol. The average Bonchev–Trinajstić information content (AvgIpc) is 3.21. The summed E-state index contributed by atoms with van der Waals surface area (Å²) in [6.45, 7) is 3.60. The number of carbonyl (C=O) groups excluding carboxylic acids is 1. The molecule has 0 aliphatic carbocycles. The van der Waals surface area contributed by atoms with Crippen LogP contribution in [0.3, 0.4) is 0 Å². The highest BCUT2D eigenvalue weighted by Crippen LogP contribution is 2.17. The molecule has 0 atom stereocenters. The van der Waals surface area contributed by atoms with Crippen LogP contribution in [0.2, 0.25) is 0 Å². The van der Waals surface area contributed by atoms with Crippen molar-refractivity contribution in [2.75, 3.05) is 13.1 Å². The van der Waals surface area contributed by atoms with Gasteiger partial charge >= 0.3 is 0 Å². The topological polar surface area (TPSA) is 78.1 Å². The lowest BCUT2D eigenvalue weighted by atomic mass is 10.1. The first-order valence-corrected chi connectivity index (χ1v) is 9.27. The van der Waals surface area contributed by atoms with Gasteiger partial charge in [-0.2, -0.15) is 5.10 Å². The van der Waals surface area contributed by atoms with E-state index in [-0.39, 0.29) is 17.2 Å². The van der Waals surface area contributed by atoms with Gasteiger partial charge in [0, 0.05) is 18.5 Å². The predicted molar refractivity (Wildman–Crippen MR) is 104 cm³/mol. The fraction of sp³-hybridized carbons (Fsp3) is 0.286. The SMILES string of the molecule is O=C(NCc1ccccc1CN1CCCC1)c1n[nH]c(=O)c2ccccc12. The van der Waals surface area contributed by atoms with Gasteiger partial charge in [0.2, 0.25) is 0 Å². The van der Waals surface area contributed by atoms with Crippen LogP contribution in [0.4, 0.5) is 0 Å². The van der Waals surface area contributed by atoms with Crippen molar-refractivity contribution in [2.24, 2.45) is 0 Å². The van der Waals surface area contributed by atoms with Crippen LogP contribution in [0.25, 0.3) is 10.8 Å². The van der Waals surface area contributed by atoms with E-state index in [4.69, 9.17) is 0 Å². The lowest BCUT2D eigenvalue weighted by Crippen LogP contribution is -2.27. The van der Waals surface area contributed by atoms with Gasteiger partial charge in [-0.3, -0.25) is 14.5 Å². The molecule has 1 saturated heterocycles. The smallest absolute Gasteiger partial charge is 0.272 e. The van der Waals surface area contributed by atoms with E-state index in [1.165, 1.54) is 18.4 Å². The van der Waals surface area contributed by atoms with Crippen molar-refractivity contribution >= 4 is 16.7 Å². The number of nitrogens with zero attached hydrogens (tertiary/aromatic N) is 2. The number of hydrogen-bond acceptors (Lipinski definition) is 4. The normalized spacial score (nSPS) is 14.5. The van der Waals surface area contributed by atoms with E-state index in [0.717, 1.165) is 25.2 Å². The van der Waals surface area contributed by atoms with Crippen molar-refractivity contribution in [2.45, 2.75) is 25.9 Å². The quantitative estimate of drug-likeness (QED) is 0.731. The molecule has 0 bridgehead atoms. The van der Waals surface area contributed by atoms with Crippen molar-refractivity contribution in [1.29, 1.82) is 0 Å². The van der Waals surface area contributed by atoms with Crippen molar-refractivity contribution in [3.63, 3.8) is 0 Å². The third kappa shape index (κ3) is 3.75. The summed E-state index contributed by atoms with van der Waals surface area (Å²) in [5, 5.41) is 10.3. The van der Waals surface area contributed by atoms with Crippen LogP contribution in [-0.4, -0.2) is 34.1 Å². The van der Waals surface area contributed by atoms with Crippen LogP contribution < -0.4 is 10.9 Å². The Kier molecular flexibility index (Phi) is 4.98. The number of hydrogen-bond donors (Lipinski definition) is 2. The standard InChI is InChI=1S/C21H22N4O2/c26-20-18-10-4-3-9-17(18)19(23-24-20)21(27)22-13-15-7-1-2-8-16(15)14-25-11-5-6-12-25/h1-4,7-10H,5-6,11-14H2,(H,22,27)(H,24,26). The van der Waals surface area contributed by atoms with Gasteiger partial charge in [0.05, 0.1) is 5.39 Å². The summed E-state index contributed by atoms with van der Waals surface area (Å²) in [7, 11) is 0. The lowest BCUT2D eigenvalue weighted by molar-refractivity contribution is 0.0946. The Morgan fingerprint density at radius 3 is 2.44 bits per heavy atom. The van der Waals surface area contributed by atoms with Crippen LogP contribution in [0, 0.1) is 0 Å². The van der Waals surface area contributed by atoms with Crippen LogP contribution in [0.1, 0.15) is 34.5 Å². The van der Waals surface area contributed by atoms with Crippen molar-refractivity contribution in [1.82, 2.24) is 20.4 Å². The highest BCUT2D eigenvalue weighted by molar-refractivity contribution is 6.04. The zero-order valence-corrected chi connectivity index (χ0v) is 15.1. The van der Waals surface area contributed by atoms with Gasteiger partial charge in [0.1, 0.15) is 0 Å². The number of carbonyl (C=O) groups is 1. The molecule has 1 aliphatic heterocycles. The fourth-order valence-corrected chi connectivity index (χ4v) is 3.61. The first-order valence-electron chi connectivity index (χ1n) is 9.27. The van der Waals surface area contributed by atoms with E-state index < -0.39 is 0 Å². The molecule has 2 N–H and O–H groups in total. The number of nitrogens with one attached hydrogen (secondary N) is 2. The zero-order chi connectivity index (χ0) is 18.6. The van der Waals surface area contributed by atoms with E-state index >= 15 is 0 Å². The Morgan fingerprint density at radius 2 is 1.67 bits per heavy atom. The minimum atomic E-state index is -0.293. The molecule has 6 nitrogen and oxygen atoms in total. The van der Waals surface area contributed by atoms with Crippen molar-refractivity contribution in [3.05, 3.63) is 75.7 Å². The predicted octanol–water partition coefficient (Wildman–Crippen LogP) is 2.45. The summed E-state index contributed by atoms with van der Waals surface area (Å²) in [6.07, 6.45) is 2.51. The van der Waals surface area contributed by atoms with Gasteiger partial charge in [-0.25, -0.2) is 5.10 Å². The molecule has 2 heterocycles. The summed E-state index contributed by atoms with van der Waals surface area (Å²) in [6, 6.07) is 15.2. The highest BCUT2D eigenvalue weighted by atomic mass is 16.2. The molecule has 1 fully saturated rings. The lowest BCUT2D eigenvalue weighted by Gasteiger charge is -2.17. The molecule has 0 spiro atoms. The second kappa shape index (κ2) is 7.72. The zero-order valence-electron chi connectivity index (χ0n) is 15.1. The van der Waals surface area contributed by atoms with Gasteiger partial charge in [-0.1, -0.05) is 42.5 Å². The molecule has 0 radical (unpaired) electrons. The Morgan fingerprint density at radius 1 is 1.00 bits per heavy atom. The number of likely N-dealkylation sites (tertiary alicyclic amines) is 1. The van der Waals surface area contributed by atoms with Crippen molar-refractivity contribution < 1.29 is 4.79 Å². The van der Waals surface area contributed by atoms with E-state index in [2.05, 4.69) is 26.5 Å². The first kappa shape index (κ1) is 17.4. The Balaban J connectivity index is 1.52. The number of fused-ring (bicyclic) bond motifs is 1. The summed E-state index contributed by atoms with van der Waals surface area (Å²) >= 11 is 0. The van der Waals surface area contributed by atoms with E-state index in [9.17, 15) is 9.59 Å². The molecule has 0 unspecified atom stereocenters. The Labute approximate surface area is 157 Å². The minimum absolute atomic E-state index is 0.238. The van der Waals surface area contributed by atoms with Crippen LogP contribution >= 0.6 is 0 Å². The number of rotatable bonds is 5. The second-order valence-electron chi connectivity index (χ2n) is 6.88. The van der Waals surface area contributed by atoms with Gasteiger partial charge < -0.3 is 5.32 Å². The minimum Gasteiger partial charge on any atom is -0.347 e. The molecule has 6 heteroatoms. The molecule has 4 rings (SSSR count). The monoisotopic (exact) mass is 362 g/mol. The Bertz CT molecular complexity index is 1020. The summed E-state index contributed by atoms with van der Waals surface area (Å²) in [5.74, 6) is -0.293. The van der Waals surface area contributed by atoms with E-state index in [0.29, 0.717) is 17.3 Å². The molecule has 27 heavy (non-hydrogen) atoms. The number of benzene rings is 2. The summed E-state index contributed by atoms with van der Waals surface area (Å²) < 4.78 is 0. The number of aromatic nitrogens is 2. The van der Waals surface area contributed by atoms with Crippen LogP contribution in [0.5, 0.6) is 0 Å². The molecular formula is C21H22N4O2. The molecule has 0 saturated carbocycles. The Hall–Kier alpha value is -2.99. The fourth-order valence-electron chi connectivity index (χ4n) is 3.61. The number of amides is 1. The number of H-pyrrole nitrogens is 1. The average molecular weight is 362 g/mol. The molecule has 138 valence electrons. The molecule has 2 aromatic carbocycles. The highest BCUT2D eigenvalue weighted by Gasteiger charge is 2.16.